The van der Waals surface area contributed by atoms with Crippen molar-refractivity contribution in [2.45, 2.75) is 25.4 Å². The molecule has 0 radical (unpaired) electrons. The monoisotopic (exact) mass is 626 g/mol. The lowest BCUT2D eigenvalue weighted by molar-refractivity contribution is -0.179. The minimum Gasteiger partial charge on any atom is -0.464 e. The molecule has 0 spiro atoms. The van der Waals surface area contributed by atoms with Gasteiger partial charge in [0.1, 0.15) is 11.5 Å². The molecule has 3 nitrogen and oxygen atoms in total. The van der Waals surface area contributed by atoms with Crippen molar-refractivity contribution in [1.82, 2.24) is 0 Å². The fourth-order valence-corrected chi connectivity index (χ4v) is 2.67. The second-order valence-corrected chi connectivity index (χ2v) is 7.04. The van der Waals surface area contributed by atoms with Gasteiger partial charge in [0.2, 0.25) is 12.6 Å². The van der Waals surface area contributed by atoms with Crippen molar-refractivity contribution in [2.24, 2.45) is 0 Å². The van der Waals surface area contributed by atoms with E-state index in [4.69, 9.17) is 37.4 Å². The van der Waals surface area contributed by atoms with Gasteiger partial charge >= 0.3 is 0 Å². The quantitative estimate of drug-likeness (QED) is 0.186. The van der Waals surface area contributed by atoms with Crippen LogP contribution in [-0.4, -0.2) is 12.6 Å². The number of halogens is 4. The summed E-state index contributed by atoms with van der Waals surface area (Å²) < 4.78 is 23.4. The van der Waals surface area contributed by atoms with Gasteiger partial charge in [-0.1, -0.05) is 35.0 Å². The Morgan fingerprint density at radius 2 is 1.07 bits per heavy atom. The molecule has 0 aliphatic rings. The molecule has 0 amide bonds. The molecule has 0 aromatic heterocycles. The van der Waals surface area contributed by atoms with Gasteiger partial charge in [0.05, 0.1) is 12.8 Å². The Balaban J connectivity index is 2.11. The van der Waals surface area contributed by atoms with Crippen LogP contribution in [0.5, 0.6) is 11.5 Å². The Morgan fingerprint density at radius 1 is 0.704 bits per heavy atom. The highest BCUT2D eigenvalue weighted by molar-refractivity contribution is 14.1. The average Bonchev–Trinajstić information content (AvgIpc) is 2.67. The molecule has 2 aromatic rings. The topological polar surface area (TPSA) is 27.7 Å². The van der Waals surface area contributed by atoms with Crippen LogP contribution in [0.15, 0.2) is 48.5 Å². The second-order valence-electron chi connectivity index (χ2n) is 5.09. The number of hydrogen-bond donors (Lipinski definition) is 0. The molecule has 0 heterocycles. The van der Waals surface area contributed by atoms with Gasteiger partial charge < -0.3 is 14.2 Å². The lowest BCUT2D eigenvalue weighted by atomic mass is 10.3. The Morgan fingerprint density at radius 3 is 1.41 bits per heavy atom. The van der Waals surface area contributed by atoms with Gasteiger partial charge in [0.15, 0.2) is 0 Å². The molecule has 0 aliphatic heterocycles. The maximum Gasteiger partial charge on any atom is 0.214 e. The highest BCUT2D eigenvalue weighted by atomic mass is 127. The van der Waals surface area contributed by atoms with Crippen molar-refractivity contribution in [3.05, 3.63) is 58.6 Å². The Kier molecular flexibility index (Phi) is 10.5. The highest BCUT2D eigenvalue weighted by Gasteiger charge is 2.19. The molecule has 2 unspecified atom stereocenters. The lowest BCUT2D eigenvalue weighted by Crippen LogP contribution is -2.30. The van der Waals surface area contributed by atoms with Gasteiger partial charge in [-0.25, -0.2) is 0 Å². The van der Waals surface area contributed by atoms with Crippen molar-refractivity contribution < 1.29 is 14.2 Å². The van der Waals surface area contributed by atoms with Crippen LogP contribution >= 0.6 is 68.4 Å². The van der Waals surface area contributed by atoms with E-state index in [2.05, 4.69) is 19.7 Å². The third kappa shape index (κ3) is 8.80. The van der Waals surface area contributed by atoms with E-state index < -0.39 is 12.6 Å². The maximum atomic E-state index is 6.00. The zero-order valence-electron chi connectivity index (χ0n) is 13.9. The molecule has 0 saturated carbocycles. The number of ether oxygens (including phenoxy) is 3. The molecule has 0 bridgehead atoms. The molecule has 2 atom stereocenters. The van der Waals surface area contributed by atoms with E-state index in [1.54, 1.807) is 48.5 Å². The van der Waals surface area contributed by atoms with Gasteiger partial charge in [0.25, 0.3) is 0 Å². The van der Waals surface area contributed by atoms with E-state index in [0.717, 1.165) is 0 Å². The zero-order valence-corrected chi connectivity index (χ0v) is 19.8. The number of rotatable bonds is 8. The Labute approximate surface area is 196 Å². The molecule has 2 rings (SSSR count). The van der Waals surface area contributed by atoms with Crippen molar-refractivity contribution in [3.8, 4) is 31.2 Å². The fraction of sp³-hybridized carbons (Fsp3) is 0.200. The second kappa shape index (κ2) is 12.6. The normalized spacial score (nSPS) is 12.0. The van der Waals surface area contributed by atoms with Crippen LogP contribution in [0.3, 0.4) is 0 Å². The molecule has 140 valence electrons. The SMILES string of the molecule is Clc1ccc(OC(CC#CI)OC(CC#CI)Oc2ccc(Cl)cc2)cc1. The molecule has 0 saturated heterocycles. The van der Waals surface area contributed by atoms with Crippen LogP contribution in [-0.2, 0) is 4.74 Å². The molecular formula is C20H14Cl2I2O3. The summed E-state index contributed by atoms with van der Waals surface area (Å²) >= 11 is 15.8. The van der Waals surface area contributed by atoms with Gasteiger partial charge in [0, 0.05) is 55.2 Å². The fourth-order valence-electron chi connectivity index (χ4n) is 1.98. The van der Waals surface area contributed by atoms with Crippen LogP contribution in [0.25, 0.3) is 0 Å². The standard InChI is InChI=1S/C20H14Cl2I2O3/c21-15-5-9-17(10-6-15)25-19(3-1-13-23)27-20(4-2-14-24)26-18-11-7-16(22)8-12-18/h5-12,19-20H,3-4H2. The van der Waals surface area contributed by atoms with Crippen LogP contribution in [0.4, 0.5) is 0 Å². The Bertz CT molecular complexity index is 763. The summed E-state index contributed by atoms with van der Waals surface area (Å²) in [5.74, 6) is 7.18. The molecular weight excluding hydrogens is 613 g/mol. The minimum atomic E-state index is -0.623. The van der Waals surface area contributed by atoms with Gasteiger partial charge in [-0.2, -0.15) is 0 Å². The summed E-state index contributed by atoms with van der Waals surface area (Å²) in [6.45, 7) is 0. The maximum absolute atomic E-state index is 6.00. The zero-order chi connectivity index (χ0) is 19.5. The smallest absolute Gasteiger partial charge is 0.214 e. The van der Waals surface area contributed by atoms with Crippen LogP contribution < -0.4 is 9.47 Å². The van der Waals surface area contributed by atoms with E-state index in [0.29, 0.717) is 34.4 Å². The molecule has 7 heteroatoms. The highest BCUT2D eigenvalue weighted by Crippen LogP contribution is 2.22. The van der Waals surface area contributed by atoms with Gasteiger partial charge in [-0.3, -0.25) is 0 Å². The molecule has 27 heavy (non-hydrogen) atoms. The van der Waals surface area contributed by atoms with Crippen molar-refractivity contribution >= 4 is 68.4 Å². The number of hydrogen-bond acceptors (Lipinski definition) is 3. The van der Waals surface area contributed by atoms with Crippen molar-refractivity contribution in [2.75, 3.05) is 0 Å². The number of benzene rings is 2. The van der Waals surface area contributed by atoms with Gasteiger partial charge in [-0.05, 0) is 56.4 Å². The molecule has 2 aromatic carbocycles. The van der Waals surface area contributed by atoms with E-state index in [-0.39, 0.29) is 0 Å². The molecule has 0 fully saturated rings. The Hall–Kier alpha value is -0.840. The van der Waals surface area contributed by atoms with Crippen LogP contribution in [0.1, 0.15) is 12.8 Å². The first-order valence-electron chi connectivity index (χ1n) is 7.77. The summed E-state index contributed by atoms with van der Waals surface area (Å²) in [6, 6.07) is 14.1. The van der Waals surface area contributed by atoms with Crippen molar-refractivity contribution in [1.29, 1.82) is 0 Å². The summed E-state index contributed by atoms with van der Waals surface area (Å²) in [5, 5.41) is 1.27. The van der Waals surface area contributed by atoms with E-state index >= 15 is 0 Å². The first-order valence-corrected chi connectivity index (χ1v) is 10.7. The summed E-state index contributed by atoms with van der Waals surface area (Å²) in [5.41, 5.74) is 0. The summed E-state index contributed by atoms with van der Waals surface area (Å²) in [6.07, 6.45) is -0.489. The first kappa shape index (κ1) is 22.4. The summed E-state index contributed by atoms with van der Waals surface area (Å²) in [7, 11) is 0. The van der Waals surface area contributed by atoms with Crippen LogP contribution in [0.2, 0.25) is 10.0 Å². The third-order valence-electron chi connectivity index (χ3n) is 3.14. The van der Waals surface area contributed by atoms with E-state index in [9.17, 15) is 0 Å². The van der Waals surface area contributed by atoms with E-state index in [1.165, 1.54) is 0 Å². The molecule has 0 aliphatic carbocycles. The van der Waals surface area contributed by atoms with E-state index in [1.807, 2.05) is 45.2 Å². The third-order valence-corrected chi connectivity index (χ3v) is 4.40. The van der Waals surface area contributed by atoms with Crippen molar-refractivity contribution in [3.63, 3.8) is 0 Å². The average molecular weight is 627 g/mol. The predicted octanol–water partition coefficient (Wildman–Crippen LogP) is 6.69. The van der Waals surface area contributed by atoms with Gasteiger partial charge in [-0.15, -0.1) is 0 Å². The predicted molar refractivity (Wildman–Crippen MR) is 126 cm³/mol. The van der Waals surface area contributed by atoms with Crippen LogP contribution in [0, 0.1) is 19.7 Å². The largest absolute Gasteiger partial charge is 0.464 e. The summed E-state index contributed by atoms with van der Waals surface area (Å²) in [4.78, 5) is 0. The minimum absolute atomic E-state index is 0.379. The lowest BCUT2D eigenvalue weighted by Gasteiger charge is -2.24. The first-order chi connectivity index (χ1) is 13.1. The molecule has 0 N–H and O–H groups in total.